The predicted octanol–water partition coefficient (Wildman–Crippen LogP) is 2.82. The summed E-state index contributed by atoms with van der Waals surface area (Å²) in [4.78, 5) is 45.9. The molecule has 7 nitrogen and oxygen atoms in total. The molecule has 0 fully saturated rings. The van der Waals surface area contributed by atoms with E-state index in [1.54, 1.807) is 36.6 Å². The van der Waals surface area contributed by atoms with Crippen molar-refractivity contribution in [3.63, 3.8) is 0 Å². The van der Waals surface area contributed by atoms with E-state index in [-0.39, 0.29) is 30.4 Å². The van der Waals surface area contributed by atoms with Crippen LogP contribution in [0.5, 0.6) is 5.75 Å². The van der Waals surface area contributed by atoms with Crippen LogP contribution in [0.4, 0.5) is 5.69 Å². The molecular weight excluding hydrogens is 402 g/mol. The van der Waals surface area contributed by atoms with Gasteiger partial charge < -0.3 is 9.64 Å². The lowest BCUT2D eigenvalue weighted by atomic mass is 9.89. The number of ketones is 1. The summed E-state index contributed by atoms with van der Waals surface area (Å²) in [6.45, 7) is 2.12. The van der Waals surface area contributed by atoms with Gasteiger partial charge in [-0.2, -0.15) is 0 Å². The number of benzene rings is 1. The third-order valence-electron chi connectivity index (χ3n) is 5.96. The summed E-state index contributed by atoms with van der Waals surface area (Å²) in [6, 6.07) is 4.99. The zero-order valence-electron chi connectivity index (χ0n) is 16.8. The number of hydrogen-bond donors (Lipinski definition) is 0. The Hall–Kier alpha value is -3.00. The first-order chi connectivity index (χ1) is 14.4. The Morgan fingerprint density at radius 1 is 1.33 bits per heavy atom. The van der Waals surface area contributed by atoms with Gasteiger partial charge in [0.15, 0.2) is 12.4 Å². The highest BCUT2D eigenvalue weighted by molar-refractivity contribution is 7.18. The van der Waals surface area contributed by atoms with E-state index in [4.69, 9.17) is 4.74 Å². The Morgan fingerprint density at radius 2 is 2.17 bits per heavy atom. The molecule has 0 saturated heterocycles. The molecule has 2 aliphatic rings. The fraction of sp³-hybridized carbons (Fsp3) is 0.364. The van der Waals surface area contributed by atoms with Crippen molar-refractivity contribution < 1.29 is 14.3 Å². The Kier molecular flexibility index (Phi) is 4.47. The maximum absolute atomic E-state index is 13.1. The standard InChI is InChI=1S/C22H21N3O4S/c1-12-3-5-14-18(7-12)30-21-20(14)22(28)25(11-23-21)9-16(26)13-4-6-17-15(8-13)24(2)19(27)10-29-17/h4,6,8,11-12H,3,5,7,9-10H2,1-2H3. The number of carbonyl (C=O) groups is 2. The number of thiophene rings is 1. The molecule has 0 saturated carbocycles. The number of rotatable bonds is 3. The van der Waals surface area contributed by atoms with Crippen molar-refractivity contribution in [2.45, 2.75) is 32.7 Å². The van der Waals surface area contributed by atoms with E-state index in [1.165, 1.54) is 20.7 Å². The van der Waals surface area contributed by atoms with Crippen LogP contribution in [-0.4, -0.2) is 34.9 Å². The number of ether oxygens (including phenoxy) is 1. The molecule has 0 bridgehead atoms. The lowest BCUT2D eigenvalue weighted by Crippen LogP contribution is -2.35. The van der Waals surface area contributed by atoms with E-state index < -0.39 is 0 Å². The van der Waals surface area contributed by atoms with Gasteiger partial charge in [0, 0.05) is 17.5 Å². The minimum atomic E-state index is -0.217. The third kappa shape index (κ3) is 3.02. The number of aromatic nitrogens is 2. The number of likely N-dealkylation sites (N-methyl/N-ethyl adjacent to an activating group) is 1. The van der Waals surface area contributed by atoms with Crippen LogP contribution in [0.2, 0.25) is 0 Å². The van der Waals surface area contributed by atoms with Gasteiger partial charge in [-0.15, -0.1) is 11.3 Å². The summed E-state index contributed by atoms with van der Waals surface area (Å²) in [5.41, 5.74) is 1.93. The molecule has 1 aromatic carbocycles. The van der Waals surface area contributed by atoms with E-state index in [2.05, 4.69) is 11.9 Å². The molecule has 5 rings (SSSR count). The number of hydrogen-bond acceptors (Lipinski definition) is 6. The molecule has 1 aliphatic carbocycles. The normalized spacial score (nSPS) is 18.1. The summed E-state index contributed by atoms with van der Waals surface area (Å²) in [5.74, 6) is 0.792. The highest BCUT2D eigenvalue weighted by Crippen LogP contribution is 2.35. The van der Waals surface area contributed by atoms with Crippen molar-refractivity contribution in [2.24, 2.45) is 5.92 Å². The number of amides is 1. The molecule has 8 heteroatoms. The van der Waals surface area contributed by atoms with Gasteiger partial charge in [-0.3, -0.25) is 19.0 Å². The molecule has 1 aliphatic heterocycles. The summed E-state index contributed by atoms with van der Waals surface area (Å²) in [5, 5.41) is 0.668. The van der Waals surface area contributed by atoms with Crippen molar-refractivity contribution in [1.29, 1.82) is 0 Å². The van der Waals surface area contributed by atoms with Crippen LogP contribution in [0, 0.1) is 5.92 Å². The molecule has 0 radical (unpaired) electrons. The lowest BCUT2D eigenvalue weighted by molar-refractivity contribution is -0.120. The second-order valence-electron chi connectivity index (χ2n) is 8.06. The van der Waals surface area contributed by atoms with Crippen molar-refractivity contribution in [2.75, 3.05) is 18.6 Å². The molecule has 1 atom stereocenters. The first kappa shape index (κ1) is 19.0. The van der Waals surface area contributed by atoms with Gasteiger partial charge >= 0.3 is 0 Å². The Morgan fingerprint density at radius 3 is 3.00 bits per heavy atom. The largest absolute Gasteiger partial charge is 0.482 e. The maximum Gasteiger partial charge on any atom is 0.264 e. The molecule has 2 aromatic heterocycles. The topological polar surface area (TPSA) is 81.5 Å². The van der Waals surface area contributed by atoms with Gasteiger partial charge in [0.1, 0.15) is 10.6 Å². The third-order valence-corrected chi connectivity index (χ3v) is 7.13. The predicted molar refractivity (Wildman–Crippen MR) is 115 cm³/mol. The van der Waals surface area contributed by atoms with Gasteiger partial charge in [-0.05, 0) is 48.9 Å². The zero-order valence-corrected chi connectivity index (χ0v) is 17.6. The molecule has 30 heavy (non-hydrogen) atoms. The van der Waals surface area contributed by atoms with Crippen LogP contribution >= 0.6 is 11.3 Å². The molecule has 3 heterocycles. The Balaban J connectivity index is 1.48. The molecule has 154 valence electrons. The zero-order chi connectivity index (χ0) is 21.0. The molecule has 0 spiro atoms. The quantitative estimate of drug-likeness (QED) is 0.605. The number of nitrogens with zero attached hydrogens (tertiary/aromatic N) is 3. The van der Waals surface area contributed by atoms with Crippen LogP contribution in [0.1, 0.15) is 34.1 Å². The van der Waals surface area contributed by atoms with Crippen LogP contribution in [0.25, 0.3) is 10.2 Å². The maximum atomic E-state index is 13.1. The van der Waals surface area contributed by atoms with E-state index in [0.29, 0.717) is 28.3 Å². The highest BCUT2D eigenvalue weighted by Gasteiger charge is 2.25. The van der Waals surface area contributed by atoms with Crippen molar-refractivity contribution >= 4 is 38.9 Å². The van der Waals surface area contributed by atoms with Gasteiger partial charge in [-0.25, -0.2) is 4.98 Å². The Labute approximate surface area is 176 Å². The summed E-state index contributed by atoms with van der Waals surface area (Å²) in [6.07, 6.45) is 4.40. The number of aryl methyl sites for hydroxylation is 1. The van der Waals surface area contributed by atoms with Gasteiger partial charge in [0.05, 0.1) is 23.9 Å². The smallest absolute Gasteiger partial charge is 0.264 e. The molecule has 3 aromatic rings. The van der Waals surface area contributed by atoms with Crippen LogP contribution in [-0.2, 0) is 24.2 Å². The highest BCUT2D eigenvalue weighted by atomic mass is 32.1. The fourth-order valence-corrected chi connectivity index (χ4v) is 5.51. The van der Waals surface area contributed by atoms with Crippen molar-refractivity contribution in [1.82, 2.24) is 9.55 Å². The van der Waals surface area contributed by atoms with E-state index in [1.807, 2.05) is 0 Å². The minimum Gasteiger partial charge on any atom is -0.482 e. The average Bonchev–Trinajstić information content (AvgIpc) is 3.10. The number of Topliss-reactive ketones (excluding diaryl/α,β-unsaturated/α-hetero) is 1. The lowest BCUT2D eigenvalue weighted by Gasteiger charge is -2.26. The SMILES string of the molecule is CC1CCc2c(sc3ncn(CC(=O)c4ccc5c(c4)N(C)C(=O)CO5)c(=O)c23)C1. The molecule has 0 N–H and O–H groups in total. The first-order valence-electron chi connectivity index (χ1n) is 9.98. The number of anilines is 1. The first-order valence-corrected chi connectivity index (χ1v) is 10.8. The monoisotopic (exact) mass is 423 g/mol. The number of fused-ring (bicyclic) bond motifs is 4. The van der Waals surface area contributed by atoms with E-state index >= 15 is 0 Å². The molecular formula is C22H21N3O4S. The number of carbonyl (C=O) groups excluding carboxylic acids is 2. The van der Waals surface area contributed by atoms with E-state index in [9.17, 15) is 14.4 Å². The van der Waals surface area contributed by atoms with Gasteiger partial charge in [-0.1, -0.05) is 6.92 Å². The van der Waals surface area contributed by atoms with Gasteiger partial charge in [0.2, 0.25) is 0 Å². The van der Waals surface area contributed by atoms with E-state index in [0.717, 1.165) is 29.7 Å². The molecule has 1 amide bonds. The minimum absolute atomic E-state index is 0.0123. The Bertz CT molecular complexity index is 1260. The fourth-order valence-electron chi connectivity index (χ4n) is 4.17. The second-order valence-corrected chi connectivity index (χ2v) is 9.14. The van der Waals surface area contributed by atoms with Crippen LogP contribution in [0.15, 0.2) is 29.3 Å². The average molecular weight is 423 g/mol. The summed E-state index contributed by atoms with van der Waals surface area (Å²) < 4.78 is 6.80. The summed E-state index contributed by atoms with van der Waals surface area (Å²) in [7, 11) is 1.65. The van der Waals surface area contributed by atoms with Crippen LogP contribution < -0.4 is 15.2 Å². The second kappa shape index (κ2) is 7.05. The summed E-state index contributed by atoms with van der Waals surface area (Å²) >= 11 is 1.60. The van der Waals surface area contributed by atoms with Crippen molar-refractivity contribution in [3.05, 3.63) is 50.9 Å². The van der Waals surface area contributed by atoms with Crippen LogP contribution in [0.3, 0.4) is 0 Å². The van der Waals surface area contributed by atoms with Crippen molar-refractivity contribution in [3.8, 4) is 5.75 Å². The van der Waals surface area contributed by atoms with Gasteiger partial charge in [0.25, 0.3) is 11.5 Å². The molecule has 1 unspecified atom stereocenters.